The third-order valence-corrected chi connectivity index (χ3v) is 5.36. The maximum absolute atomic E-state index is 12.6. The highest BCUT2D eigenvalue weighted by molar-refractivity contribution is 7.13. The van der Waals surface area contributed by atoms with Crippen LogP contribution in [0.25, 0.3) is 16.6 Å². The Bertz CT molecular complexity index is 1140. The maximum atomic E-state index is 12.6. The van der Waals surface area contributed by atoms with E-state index in [0.29, 0.717) is 42.7 Å². The number of carbonyl (C=O) groups excluding carboxylic acids is 1. The Kier molecular flexibility index (Phi) is 5.90. The second kappa shape index (κ2) is 8.76. The molecule has 0 bridgehead atoms. The van der Waals surface area contributed by atoms with Gasteiger partial charge >= 0.3 is 0 Å². The van der Waals surface area contributed by atoms with Gasteiger partial charge in [-0.25, -0.2) is 9.97 Å². The van der Waals surface area contributed by atoms with E-state index in [4.69, 9.17) is 4.52 Å². The summed E-state index contributed by atoms with van der Waals surface area (Å²) >= 11 is 1.55. The monoisotopic (exact) mass is 437 g/mol. The van der Waals surface area contributed by atoms with Gasteiger partial charge in [-0.2, -0.15) is 14.8 Å². The van der Waals surface area contributed by atoms with Crippen LogP contribution in [0.2, 0.25) is 0 Å². The zero-order valence-corrected chi connectivity index (χ0v) is 18.4. The highest BCUT2D eigenvalue weighted by atomic mass is 32.1. The van der Waals surface area contributed by atoms with E-state index in [1.165, 1.54) is 0 Å². The van der Waals surface area contributed by atoms with Crippen molar-refractivity contribution in [2.45, 2.75) is 45.4 Å². The van der Waals surface area contributed by atoms with Crippen molar-refractivity contribution >= 4 is 23.1 Å². The Morgan fingerprint density at radius 1 is 1.23 bits per heavy atom. The predicted molar refractivity (Wildman–Crippen MR) is 117 cm³/mol. The summed E-state index contributed by atoms with van der Waals surface area (Å²) in [6.07, 6.45) is 4.70. The average Bonchev–Trinajstić information content (AvgIpc) is 3.49. The van der Waals surface area contributed by atoms with Crippen molar-refractivity contribution in [3.63, 3.8) is 0 Å². The Balaban J connectivity index is 1.40. The summed E-state index contributed by atoms with van der Waals surface area (Å²) in [6, 6.07) is 7.48. The summed E-state index contributed by atoms with van der Waals surface area (Å²) in [5, 5.41) is 13.5. The van der Waals surface area contributed by atoms with E-state index >= 15 is 0 Å². The van der Waals surface area contributed by atoms with Gasteiger partial charge in [-0.1, -0.05) is 32.0 Å². The van der Waals surface area contributed by atoms with E-state index in [9.17, 15) is 4.79 Å². The van der Waals surface area contributed by atoms with Gasteiger partial charge < -0.3 is 9.84 Å². The van der Waals surface area contributed by atoms with Crippen molar-refractivity contribution in [2.24, 2.45) is 0 Å². The molecule has 9 nitrogen and oxygen atoms in total. The SMILES string of the molecule is CC(C)(C)c1cc(NC(=O)CCCc2nc(-c3cccs3)no2)n(-c2ncccn2)n1. The van der Waals surface area contributed by atoms with Crippen molar-refractivity contribution < 1.29 is 9.32 Å². The molecule has 0 spiro atoms. The fraction of sp³-hybridized carbons (Fsp3) is 0.333. The van der Waals surface area contributed by atoms with E-state index in [1.807, 2.05) is 23.6 Å². The van der Waals surface area contributed by atoms with Crippen LogP contribution in [0.4, 0.5) is 5.82 Å². The van der Waals surface area contributed by atoms with Gasteiger partial charge in [0.05, 0.1) is 10.6 Å². The number of hydrogen-bond acceptors (Lipinski definition) is 8. The molecule has 0 aromatic carbocycles. The normalized spacial score (nSPS) is 11.6. The summed E-state index contributed by atoms with van der Waals surface area (Å²) < 4.78 is 6.85. The first-order valence-corrected chi connectivity index (χ1v) is 10.8. The molecule has 1 N–H and O–H groups in total. The molecule has 0 radical (unpaired) electrons. The standard InChI is InChI=1S/C21H23N7O2S/c1-21(2,3)15-13-16(28(26-15)20-22-10-6-11-23-20)24-17(29)8-4-9-18-25-19(27-30-18)14-7-5-12-31-14/h5-7,10-13H,4,8-9H2,1-3H3,(H,24,29). The number of amides is 1. The molecule has 4 aromatic rings. The van der Waals surface area contributed by atoms with E-state index < -0.39 is 0 Å². The van der Waals surface area contributed by atoms with E-state index in [2.05, 4.69) is 51.3 Å². The van der Waals surface area contributed by atoms with Crippen molar-refractivity contribution in [2.75, 3.05) is 5.32 Å². The molecule has 0 aliphatic heterocycles. The van der Waals surface area contributed by atoms with Gasteiger partial charge in [0.15, 0.2) is 0 Å². The van der Waals surface area contributed by atoms with E-state index in [-0.39, 0.29) is 11.3 Å². The Labute approximate surface area is 183 Å². The number of thiophene rings is 1. The molecule has 4 rings (SSSR count). The van der Waals surface area contributed by atoms with Crippen LogP contribution in [0.15, 0.2) is 46.6 Å². The molecule has 31 heavy (non-hydrogen) atoms. The second-order valence-electron chi connectivity index (χ2n) is 8.02. The van der Waals surface area contributed by atoms with Crippen LogP contribution >= 0.6 is 11.3 Å². The highest BCUT2D eigenvalue weighted by Crippen LogP contribution is 2.25. The zero-order chi connectivity index (χ0) is 21.8. The summed E-state index contributed by atoms with van der Waals surface area (Å²) in [7, 11) is 0. The number of hydrogen-bond donors (Lipinski definition) is 1. The van der Waals surface area contributed by atoms with Gasteiger partial charge in [-0.15, -0.1) is 11.3 Å². The van der Waals surface area contributed by atoms with E-state index in [0.717, 1.165) is 10.6 Å². The lowest BCUT2D eigenvalue weighted by Crippen LogP contribution is -2.16. The molecule has 160 valence electrons. The molecule has 4 aromatic heterocycles. The highest BCUT2D eigenvalue weighted by Gasteiger charge is 2.22. The predicted octanol–water partition coefficient (Wildman–Crippen LogP) is 4.03. The molecule has 4 heterocycles. The molecule has 0 aliphatic rings. The summed E-state index contributed by atoms with van der Waals surface area (Å²) in [5.41, 5.74) is 0.653. The molecule has 0 unspecified atom stereocenters. The number of aryl methyl sites for hydroxylation is 1. The first-order chi connectivity index (χ1) is 14.9. The lowest BCUT2D eigenvalue weighted by molar-refractivity contribution is -0.116. The molecular weight excluding hydrogens is 414 g/mol. The van der Waals surface area contributed by atoms with Gasteiger partial charge in [0.1, 0.15) is 5.82 Å². The lowest BCUT2D eigenvalue weighted by Gasteiger charge is -2.13. The topological polar surface area (TPSA) is 112 Å². The van der Waals surface area contributed by atoms with Crippen LogP contribution in [0.5, 0.6) is 0 Å². The largest absolute Gasteiger partial charge is 0.339 e. The Morgan fingerprint density at radius 2 is 2.03 bits per heavy atom. The molecule has 1 amide bonds. The first-order valence-electron chi connectivity index (χ1n) is 9.94. The number of rotatable bonds is 7. The fourth-order valence-corrected chi connectivity index (χ4v) is 3.51. The number of nitrogens with one attached hydrogen (secondary N) is 1. The van der Waals surface area contributed by atoms with Crippen LogP contribution < -0.4 is 5.32 Å². The quantitative estimate of drug-likeness (QED) is 0.464. The molecular formula is C21H23N7O2S. The Hall–Kier alpha value is -3.40. The molecule has 0 atom stereocenters. The lowest BCUT2D eigenvalue weighted by atomic mass is 9.92. The molecule has 10 heteroatoms. The number of nitrogens with zero attached hydrogens (tertiary/aromatic N) is 6. The number of aromatic nitrogens is 6. The first kappa shape index (κ1) is 20.9. The van der Waals surface area contributed by atoms with Crippen molar-refractivity contribution in [1.82, 2.24) is 29.9 Å². The fourth-order valence-electron chi connectivity index (χ4n) is 2.86. The van der Waals surface area contributed by atoms with Gasteiger partial charge in [-0.05, 0) is 23.9 Å². The summed E-state index contributed by atoms with van der Waals surface area (Å²) in [5.74, 6) is 1.92. The smallest absolute Gasteiger partial charge is 0.252 e. The van der Waals surface area contributed by atoms with E-state index in [1.54, 1.807) is 34.5 Å². The number of anilines is 1. The van der Waals surface area contributed by atoms with Gasteiger partial charge in [0.25, 0.3) is 5.95 Å². The Morgan fingerprint density at radius 3 is 2.74 bits per heavy atom. The van der Waals surface area contributed by atoms with Gasteiger partial charge in [0.2, 0.25) is 17.6 Å². The minimum absolute atomic E-state index is 0.129. The van der Waals surface area contributed by atoms with Crippen LogP contribution in [0.1, 0.15) is 45.2 Å². The van der Waals surface area contributed by atoms with Gasteiger partial charge in [-0.3, -0.25) is 4.79 Å². The molecule has 0 saturated heterocycles. The second-order valence-corrected chi connectivity index (χ2v) is 8.96. The summed E-state index contributed by atoms with van der Waals surface area (Å²) in [6.45, 7) is 6.18. The van der Waals surface area contributed by atoms with Crippen LogP contribution in [0, 0.1) is 0 Å². The number of carbonyl (C=O) groups is 1. The molecule has 0 fully saturated rings. The molecule has 0 aliphatic carbocycles. The average molecular weight is 438 g/mol. The van der Waals surface area contributed by atoms with Crippen molar-refractivity contribution in [3.05, 3.63) is 53.6 Å². The van der Waals surface area contributed by atoms with Crippen molar-refractivity contribution in [3.8, 4) is 16.6 Å². The molecule has 0 saturated carbocycles. The van der Waals surface area contributed by atoms with Crippen molar-refractivity contribution in [1.29, 1.82) is 0 Å². The zero-order valence-electron chi connectivity index (χ0n) is 17.6. The summed E-state index contributed by atoms with van der Waals surface area (Å²) in [4.78, 5) is 26.4. The third kappa shape index (κ3) is 5.02. The minimum atomic E-state index is -0.183. The maximum Gasteiger partial charge on any atom is 0.252 e. The third-order valence-electron chi connectivity index (χ3n) is 4.49. The van der Waals surface area contributed by atoms with Crippen LogP contribution in [-0.2, 0) is 16.6 Å². The van der Waals surface area contributed by atoms with Crippen LogP contribution in [0.3, 0.4) is 0 Å². The minimum Gasteiger partial charge on any atom is -0.339 e. The van der Waals surface area contributed by atoms with Crippen LogP contribution in [-0.4, -0.2) is 35.8 Å². The van der Waals surface area contributed by atoms with Gasteiger partial charge in [0, 0.05) is 36.7 Å².